The van der Waals surface area contributed by atoms with Crippen LogP contribution in [0.1, 0.15) is 25.3 Å². The van der Waals surface area contributed by atoms with Crippen molar-refractivity contribution in [3.05, 3.63) is 65.9 Å². The quantitative estimate of drug-likeness (QED) is 0.528. The van der Waals surface area contributed by atoms with Crippen molar-refractivity contribution >= 4 is 11.9 Å². The zero-order valence-electron chi connectivity index (χ0n) is 15.2. The smallest absolute Gasteiger partial charge is 0.194 e. The minimum atomic E-state index is -0.124. The van der Waals surface area contributed by atoms with Gasteiger partial charge in [-0.05, 0) is 49.7 Å². The van der Waals surface area contributed by atoms with E-state index in [1.165, 1.54) is 19.8 Å². The molecule has 1 aliphatic rings. The number of carbonyl (C=O) groups excluding carboxylic acids is 1. The maximum atomic E-state index is 12.0. The number of ether oxygens (including phenoxy) is 2. The average Bonchev–Trinajstić information content (AvgIpc) is 3.17. The molecule has 1 heterocycles. The molecular formula is C22H25NO3. The molecule has 1 saturated heterocycles. The van der Waals surface area contributed by atoms with Crippen molar-refractivity contribution in [2.24, 2.45) is 0 Å². The van der Waals surface area contributed by atoms with Gasteiger partial charge in [-0.3, -0.25) is 9.69 Å². The Balaban J connectivity index is 1.69. The number of allylic oxidation sites excluding steroid dienone is 1. The highest BCUT2D eigenvalue weighted by molar-refractivity contribution is 5.96. The van der Waals surface area contributed by atoms with Gasteiger partial charge in [0.25, 0.3) is 0 Å². The fraction of sp³-hybridized carbons (Fsp3) is 0.318. The Bertz CT molecular complexity index is 749. The summed E-state index contributed by atoms with van der Waals surface area (Å²) in [5.41, 5.74) is 0.921. The lowest BCUT2D eigenvalue weighted by atomic mass is 10.2. The highest BCUT2D eigenvalue weighted by atomic mass is 16.5. The summed E-state index contributed by atoms with van der Waals surface area (Å²) in [7, 11) is 0. The third-order valence-electron chi connectivity index (χ3n) is 4.38. The number of hydrogen-bond donors (Lipinski definition) is 0. The number of nitrogens with zero attached hydrogens (tertiary/aromatic N) is 1. The predicted molar refractivity (Wildman–Crippen MR) is 103 cm³/mol. The van der Waals surface area contributed by atoms with Gasteiger partial charge in [0.1, 0.15) is 6.61 Å². The first-order chi connectivity index (χ1) is 12.7. The number of ketones is 1. The van der Waals surface area contributed by atoms with Crippen molar-refractivity contribution in [2.75, 3.05) is 26.2 Å². The summed E-state index contributed by atoms with van der Waals surface area (Å²) < 4.78 is 11.8. The molecule has 0 aromatic heterocycles. The van der Waals surface area contributed by atoms with Crippen molar-refractivity contribution in [1.29, 1.82) is 0 Å². The van der Waals surface area contributed by atoms with Crippen LogP contribution in [-0.4, -0.2) is 36.9 Å². The molecule has 0 N–H and O–H groups in total. The van der Waals surface area contributed by atoms with E-state index < -0.39 is 0 Å². The number of likely N-dealkylation sites (tertiary alicyclic amines) is 1. The molecule has 1 aliphatic heterocycles. The first kappa shape index (κ1) is 18.2. The van der Waals surface area contributed by atoms with Crippen LogP contribution in [0.15, 0.2) is 60.4 Å². The van der Waals surface area contributed by atoms with Crippen LogP contribution in [0.4, 0.5) is 0 Å². The summed E-state index contributed by atoms with van der Waals surface area (Å²) in [6.45, 7) is 5.32. The van der Waals surface area contributed by atoms with Gasteiger partial charge in [0.15, 0.2) is 23.0 Å². The van der Waals surface area contributed by atoms with Gasteiger partial charge in [-0.25, -0.2) is 0 Å². The molecule has 0 saturated carbocycles. The second-order valence-electron chi connectivity index (χ2n) is 6.42. The molecular weight excluding hydrogens is 326 g/mol. The van der Waals surface area contributed by atoms with E-state index in [-0.39, 0.29) is 5.78 Å². The summed E-state index contributed by atoms with van der Waals surface area (Å²) in [6, 6.07) is 17.2. The molecule has 0 aliphatic carbocycles. The maximum Gasteiger partial charge on any atom is 0.194 e. The Hall–Kier alpha value is -2.59. The molecule has 4 heteroatoms. The second kappa shape index (κ2) is 9.20. The Morgan fingerprint density at radius 2 is 1.65 bits per heavy atom. The number of Topliss-reactive ketones (excluding diaryl/α,β-unsaturated/α-hetero) is 1. The largest absolute Gasteiger partial charge is 0.488 e. The van der Waals surface area contributed by atoms with Crippen molar-refractivity contribution < 1.29 is 14.3 Å². The van der Waals surface area contributed by atoms with Gasteiger partial charge in [0.2, 0.25) is 0 Å². The molecule has 0 spiro atoms. The van der Waals surface area contributed by atoms with Crippen LogP contribution >= 0.6 is 0 Å². The van der Waals surface area contributed by atoms with E-state index in [0.717, 1.165) is 25.2 Å². The molecule has 0 bridgehead atoms. The molecule has 0 radical (unpaired) electrons. The van der Waals surface area contributed by atoms with E-state index in [2.05, 4.69) is 4.90 Å². The Kier molecular flexibility index (Phi) is 6.45. The van der Waals surface area contributed by atoms with Crippen LogP contribution in [0.5, 0.6) is 11.5 Å². The van der Waals surface area contributed by atoms with Gasteiger partial charge in [0, 0.05) is 13.5 Å². The minimum absolute atomic E-state index is 0.124. The molecule has 2 aromatic rings. The van der Waals surface area contributed by atoms with Gasteiger partial charge in [-0.1, -0.05) is 42.5 Å². The molecule has 0 unspecified atom stereocenters. The fourth-order valence-electron chi connectivity index (χ4n) is 2.97. The fourth-order valence-corrected chi connectivity index (χ4v) is 2.97. The Labute approximate surface area is 155 Å². The van der Waals surface area contributed by atoms with Gasteiger partial charge in [0.05, 0.1) is 0 Å². The highest BCUT2D eigenvalue weighted by Gasteiger charge is 2.13. The highest BCUT2D eigenvalue weighted by Crippen LogP contribution is 2.29. The van der Waals surface area contributed by atoms with Crippen molar-refractivity contribution in [3.8, 4) is 11.5 Å². The average molecular weight is 351 g/mol. The van der Waals surface area contributed by atoms with Crippen molar-refractivity contribution in [1.82, 2.24) is 4.90 Å². The van der Waals surface area contributed by atoms with Crippen LogP contribution in [0.2, 0.25) is 0 Å². The second-order valence-corrected chi connectivity index (χ2v) is 6.42. The van der Waals surface area contributed by atoms with Crippen LogP contribution in [0.3, 0.4) is 0 Å². The molecule has 4 nitrogen and oxygen atoms in total. The molecule has 0 atom stereocenters. The molecule has 1 fully saturated rings. The Morgan fingerprint density at radius 1 is 1.00 bits per heavy atom. The molecule has 0 amide bonds. The lowest BCUT2D eigenvalue weighted by molar-refractivity contribution is -0.115. The van der Waals surface area contributed by atoms with Crippen molar-refractivity contribution in [3.63, 3.8) is 0 Å². The maximum absolute atomic E-state index is 12.0. The van der Waals surface area contributed by atoms with E-state index in [0.29, 0.717) is 23.9 Å². The number of benzene rings is 2. The lowest BCUT2D eigenvalue weighted by Gasteiger charge is -2.17. The standard InChI is InChI=1S/C22H25NO3/c1-18(24)22(17-19-9-3-2-4-10-19)26-21-12-6-5-11-20(21)25-16-15-23-13-7-8-14-23/h2-6,9-12,17H,7-8,13-16H2,1H3. The number of rotatable bonds is 8. The first-order valence-corrected chi connectivity index (χ1v) is 9.12. The Morgan fingerprint density at radius 3 is 2.35 bits per heavy atom. The summed E-state index contributed by atoms with van der Waals surface area (Å²) in [4.78, 5) is 14.4. The molecule has 136 valence electrons. The van der Waals surface area contributed by atoms with Gasteiger partial charge < -0.3 is 9.47 Å². The number of carbonyl (C=O) groups is 1. The predicted octanol–water partition coefficient (Wildman–Crippen LogP) is 4.17. The van der Waals surface area contributed by atoms with Crippen molar-refractivity contribution in [2.45, 2.75) is 19.8 Å². The summed E-state index contributed by atoms with van der Waals surface area (Å²) in [5, 5.41) is 0. The lowest BCUT2D eigenvalue weighted by Crippen LogP contribution is -2.25. The summed E-state index contributed by atoms with van der Waals surface area (Å²) >= 11 is 0. The SMILES string of the molecule is CC(=O)C(=Cc1ccccc1)Oc1ccccc1OCCN1CCCC1. The van der Waals surface area contributed by atoms with Crippen LogP contribution in [0.25, 0.3) is 6.08 Å². The van der Waals surface area contributed by atoms with E-state index in [1.807, 2.05) is 54.6 Å². The zero-order valence-corrected chi connectivity index (χ0v) is 15.2. The summed E-state index contributed by atoms with van der Waals surface area (Å²) in [5.74, 6) is 1.39. The van der Waals surface area contributed by atoms with E-state index in [1.54, 1.807) is 6.08 Å². The van der Waals surface area contributed by atoms with Gasteiger partial charge in [-0.2, -0.15) is 0 Å². The van der Waals surface area contributed by atoms with Crippen LogP contribution < -0.4 is 9.47 Å². The van der Waals surface area contributed by atoms with E-state index in [4.69, 9.17) is 9.47 Å². The number of hydrogen-bond acceptors (Lipinski definition) is 4. The van der Waals surface area contributed by atoms with Crippen LogP contribution in [0, 0.1) is 0 Å². The number of para-hydroxylation sites is 2. The minimum Gasteiger partial charge on any atom is -0.488 e. The molecule has 26 heavy (non-hydrogen) atoms. The van der Waals surface area contributed by atoms with E-state index in [9.17, 15) is 4.79 Å². The van der Waals surface area contributed by atoms with Crippen LogP contribution in [-0.2, 0) is 4.79 Å². The third-order valence-corrected chi connectivity index (χ3v) is 4.38. The topological polar surface area (TPSA) is 38.8 Å². The normalized spacial score (nSPS) is 15.0. The first-order valence-electron chi connectivity index (χ1n) is 9.12. The molecule has 2 aromatic carbocycles. The zero-order chi connectivity index (χ0) is 18.2. The monoisotopic (exact) mass is 351 g/mol. The third kappa shape index (κ3) is 5.20. The van der Waals surface area contributed by atoms with Gasteiger partial charge >= 0.3 is 0 Å². The molecule has 3 rings (SSSR count). The van der Waals surface area contributed by atoms with E-state index >= 15 is 0 Å². The van der Waals surface area contributed by atoms with Gasteiger partial charge in [-0.15, -0.1) is 0 Å². The summed E-state index contributed by atoms with van der Waals surface area (Å²) in [6.07, 6.45) is 4.29.